The van der Waals surface area contributed by atoms with E-state index in [0.29, 0.717) is 24.5 Å². The van der Waals surface area contributed by atoms with Gasteiger partial charge in [0.05, 0.1) is 6.54 Å². The van der Waals surface area contributed by atoms with Crippen molar-refractivity contribution >= 4 is 5.78 Å². The molecule has 0 bridgehead atoms. The number of nitrogens with two attached hydrogens (primary N) is 1. The van der Waals surface area contributed by atoms with Gasteiger partial charge in [-0.1, -0.05) is 31.2 Å². The molecule has 1 aromatic heterocycles. The van der Waals surface area contributed by atoms with Gasteiger partial charge in [-0.3, -0.25) is 4.79 Å². The number of furan rings is 1. The molecule has 1 aromatic carbocycles. The zero-order valence-corrected chi connectivity index (χ0v) is 10.5. The van der Waals surface area contributed by atoms with Crippen molar-refractivity contribution in [3.8, 4) is 0 Å². The summed E-state index contributed by atoms with van der Waals surface area (Å²) in [4.78, 5) is 12.0. The lowest BCUT2D eigenvalue weighted by molar-refractivity contribution is 0.0964. The maximum atomic E-state index is 12.0. The first-order valence-electron chi connectivity index (χ1n) is 6.12. The molecule has 0 aliphatic carbocycles. The Morgan fingerprint density at radius 1 is 1.11 bits per heavy atom. The van der Waals surface area contributed by atoms with Crippen LogP contribution in [0.3, 0.4) is 0 Å². The van der Waals surface area contributed by atoms with Crippen LogP contribution in [0.1, 0.15) is 34.4 Å². The maximum Gasteiger partial charge on any atom is 0.202 e. The van der Waals surface area contributed by atoms with Crippen LogP contribution in [-0.4, -0.2) is 5.78 Å². The Hall–Kier alpha value is -1.87. The average Bonchev–Trinajstić information content (AvgIpc) is 2.88. The Bertz CT molecular complexity index is 526. The fourth-order valence-electron chi connectivity index (χ4n) is 1.80. The van der Waals surface area contributed by atoms with Crippen LogP contribution in [-0.2, 0) is 19.4 Å². The van der Waals surface area contributed by atoms with Gasteiger partial charge < -0.3 is 10.2 Å². The second-order valence-corrected chi connectivity index (χ2v) is 4.24. The monoisotopic (exact) mass is 243 g/mol. The minimum absolute atomic E-state index is 0.0149. The Balaban J connectivity index is 2.06. The van der Waals surface area contributed by atoms with E-state index < -0.39 is 0 Å². The standard InChI is InChI=1S/C15H17NO2/c1-2-11-3-5-12(6-4-11)9-14(17)15-8-7-13(10-16)18-15/h3-8H,2,9-10,16H2,1H3. The number of Topliss-reactive ketones (excluding diaryl/α,β-unsaturated/α-hetero) is 1. The molecule has 0 radical (unpaired) electrons. The predicted octanol–water partition coefficient (Wildman–Crippen LogP) is 2.73. The molecule has 2 rings (SSSR count). The number of benzene rings is 1. The molecular weight excluding hydrogens is 226 g/mol. The maximum absolute atomic E-state index is 12.0. The molecule has 1 heterocycles. The molecule has 0 saturated carbocycles. The second kappa shape index (κ2) is 5.65. The Morgan fingerprint density at radius 2 is 1.78 bits per heavy atom. The van der Waals surface area contributed by atoms with Gasteiger partial charge in [-0.15, -0.1) is 0 Å². The van der Waals surface area contributed by atoms with Gasteiger partial charge in [0.25, 0.3) is 0 Å². The molecule has 2 N–H and O–H groups in total. The summed E-state index contributed by atoms with van der Waals surface area (Å²) in [6, 6.07) is 11.5. The van der Waals surface area contributed by atoms with Crippen LogP contribution in [0.4, 0.5) is 0 Å². The Kier molecular flexibility index (Phi) is 3.95. The van der Waals surface area contributed by atoms with Crippen LogP contribution in [0.5, 0.6) is 0 Å². The number of rotatable bonds is 5. The summed E-state index contributed by atoms with van der Waals surface area (Å²) in [6.07, 6.45) is 1.37. The number of ketones is 1. The van der Waals surface area contributed by atoms with Crippen molar-refractivity contribution in [2.75, 3.05) is 0 Å². The van der Waals surface area contributed by atoms with Gasteiger partial charge in [-0.25, -0.2) is 0 Å². The molecule has 0 aliphatic heterocycles. The van der Waals surface area contributed by atoms with Gasteiger partial charge in [0.2, 0.25) is 5.78 Å². The SMILES string of the molecule is CCc1ccc(CC(=O)c2ccc(CN)o2)cc1. The van der Waals surface area contributed by atoms with Crippen molar-refractivity contribution in [1.82, 2.24) is 0 Å². The third-order valence-corrected chi connectivity index (χ3v) is 2.93. The van der Waals surface area contributed by atoms with E-state index in [0.717, 1.165) is 12.0 Å². The smallest absolute Gasteiger partial charge is 0.202 e. The highest BCUT2D eigenvalue weighted by molar-refractivity contribution is 5.95. The first-order chi connectivity index (χ1) is 8.72. The largest absolute Gasteiger partial charge is 0.457 e. The van der Waals surface area contributed by atoms with E-state index in [1.807, 2.05) is 12.1 Å². The molecule has 0 atom stereocenters. The van der Waals surface area contributed by atoms with Gasteiger partial charge in [-0.2, -0.15) is 0 Å². The molecule has 0 unspecified atom stereocenters. The molecule has 0 aliphatic rings. The van der Waals surface area contributed by atoms with Crippen molar-refractivity contribution in [2.45, 2.75) is 26.3 Å². The van der Waals surface area contributed by atoms with E-state index >= 15 is 0 Å². The summed E-state index contributed by atoms with van der Waals surface area (Å²) in [7, 11) is 0. The highest BCUT2D eigenvalue weighted by Crippen LogP contribution is 2.12. The topological polar surface area (TPSA) is 56.2 Å². The number of aryl methyl sites for hydroxylation is 1. The number of carbonyl (C=O) groups is 1. The summed E-state index contributed by atoms with van der Waals surface area (Å²) in [5.74, 6) is 1.01. The summed E-state index contributed by atoms with van der Waals surface area (Å²) >= 11 is 0. The van der Waals surface area contributed by atoms with Crippen molar-refractivity contribution in [2.24, 2.45) is 5.73 Å². The van der Waals surface area contributed by atoms with Crippen LogP contribution < -0.4 is 5.73 Å². The third kappa shape index (κ3) is 2.87. The molecule has 0 saturated heterocycles. The van der Waals surface area contributed by atoms with Crippen LogP contribution in [0.15, 0.2) is 40.8 Å². The van der Waals surface area contributed by atoms with Crippen LogP contribution in [0, 0.1) is 0 Å². The number of hydrogen-bond acceptors (Lipinski definition) is 3. The van der Waals surface area contributed by atoms with E-state index in [9.17, 15) is 4.79 Å². The quantitative estimate of drug-likeness (QED) is 0.821. The van der Waals surface area contributed by atoms with Gasteiger partial charge in [0, 0.05) is 6.42 Å². The van der Waals surface area contributed by atoms with Gasteiger partial charge in [-0.05, 0) is 29.7 Å². The number of carbonyl (C=O) groups excluding carboxylic acids is 1. The zero-order chi connectivity index (χ0) is 13.0. The van der Waals surface area contributed by atoms with Gasteiger partial charge in [0.1, 0.15) is 5.76 Å². The fraction of sp³-hybridized carbons (Fsp3) is 0.267. The molecule has 18 heavy (non-hydrogen) atoms. The predicted molar refractivity (Wildman–Crippen MR) is 70.5 cm³/mol. The molecule has 3 heteroatoms. The van der Waals surface area contributed by atoms with E-state index in [4.69, 9.17) is 10.2 Å². The molecule has 2 aromatic rings. The lowest BCUT2D eigenvalue weighted by Crippen LogP contribution is -2.02. The molecule has 0 fully saturated rings. The van der Waals surface area contributed by atoms with Crippen LogP contribution in [0.25, 0.3) is 0 Å². The van der Waals surface area contributed by atoms with E-state index in [2.05, 4.69) is 19.1 Å². The Morgan fingerprint density at radius 3 is 2.33 bits per heavy atom. The summed E-state index contributed by atoms with van der Waals surface area (Å²) in [6.45, 7) is 2.43. The number of hydrogen-bond donors (Lipinski definition) is 1. The first-order valence-corrected chi connectivity index (χ1v) is 6.12. The molecule has 94 valence electrons. The molecule has 0 spiro atoms. The highest BCUT2D eigenvalue weighted by Gasteiger charge is 2.11. The average molecular weight is 243 g/mol. The van der Waals surface area contributed by atoms with E-state index in [-0.39, 0.29) is 5.78 Å². The van der Waals surface area contributed by atoms with Crippen molar-refractivity contribution < 1.29 is 9.21 Å². The summed E-state index contributed by atoms with van der Waals surface area (Å²) in [5.41, 5.74) is 7.72. The van der Waals surface area contributed by atoms with Crippen molar-refractivity contribution in [3.63, 3.8) is 0 Å². The minimum atomic E-state index is -0.0149. The third-order valence-electron chi connectivity index (χ3n) is 2.93. The Labute approximate surface area is 107 Å². The van der Waals surface area contributed by atoms with E-state index in [1.54, 1.807) is 12.1 Å². The van der Waals surface area contributed by atoms with E-state index in [1.165, 1.54) is 5.56 Å². The fourth-order valence-corrected chi connectivity index (χ4v) is 1.80. The van der Waals surface area contributed by atoms with Crippen molar-refractivity contribution in [1.29, 1.82) is 0 Å². The summed E-state index contributed by atoms with van der Waals surface area (Å²) < 4.78 is 5.34. The van der Waals surface area contributed by atoms with Crippen LogP contribution in [0.2, 0.25) is 0 Å². The molecular formula is C15H17NO2. The zero-order valence-electron chi connectivity index (χ0n) is 10.5. The lowest BCUT2D eigenvalue weighted by atomic mass is 10.0. The summed E-state index contributed by atoms with van der Waals surface area (Å²) in [5, 5.41) is 0. The first kappa shape index (κ1) is 12.6. The molecule has 0 amide bonds. The van der Waals surface area contributed by atoms with Crippen molar-refractivity contribution in [3.05, 3.63) is 59.0 Å². The molecule has 3 nitrogen and oxygen atoms in total. The minimum Gasteiger partial charge on any atom is -0.457 e. The van der Waals surface area contributed by atoms with Crippen LogP contribution >= 0.6 is 0 Å². The highest BCUT2D eigenvalue weighted by atomic mass is 16.3. The second-order valence-electron chi connectivity index (χ2n) is 4.24. The lowest BCUT2D eigenvalue weighted by Gasteiger charge is -2.01. The van der Waals surface area contributed by atoms with Gasteiger partial charge in [0.15, 0.2) is 5.76 Å². The normalized spacial score (nSPS) is 10.6. The van der Waals surface area contributed by atoms with Gasteiger partial charge >= 0.3 is 0 Å².